The Bertz CT molecular complexity index is 1250. The minimum absolute atomic E-state index is 0.0255. The van der Waals surface area contributed by atoms with E-state index in [4.69, 9.17) is 15.0 Å². The van der Waals surface area contributed by atoms with E-state index in [1.807, 2.05) is 43.3 Å². The average molecular weight is 476 g/mol. The summed E-state index contributed by atoms with van der Waals surface area (Å²) in [5.41, 5.74) is 3.74. The van der Waals surface area contributed by atoms with Crippen LogP contribution in [0.15, 0.2) is 54.6 Å². The smallest absolute Gasteiger partial charge is 0.225 e. The van der Waals surface area contributed by atoms with Crippen molar-refractivity contribution in [2.45, 2.75) is 44.9 Å². The predicted molar refractivity (Wildman–Crippen MR) is 137 cm³/mol. The Kier molecular flexibility index (Phi) is 6.45. The van der Waals surface area contributed by atoms with Gasteiger partial charge < -0.3 is 20.8 Å². The highest BCUT2D eigenvalue weighted by molar-refractivity contribution is 7.21. The number of nitrogens with zero attached hydrogens (tertiary/aromatic N) is 3. The lowest BCUT2D eigenvalue weighted by molar-refractivity contribution is 0.157. The lowest BCUT2D eigenvalue weighted by atomic mass is 10.1. The van der Waals surface area contributed by atoms with Gasteiger partial charge in [-0.05, 0) is 50.3 Å². The van der Waals surface area contributed by atoms with E-state index in [0.717, 1.165) is 32.0 Å². The van der Waals surface area contributed by atoms with E-state index in [-0.39, 0.29) is 24.6 Å². The summed E-state index contributed by atoms with van der Waals surface area (Å²) < 4.78 is 1.10. The molecule has 2 heterocycles. The van der Waals surface area contributed by atoms with Gasteiger partial charge >= 0.3 is 0 Å². The van der Waals surface area contributed by atoms with E-state index in [0.29, 0.717) is 24.6 Å². The molecule has 0 aliphatic heterocycles. The maximum Gasteiger partial charge on any atom is 0.225 e. The summed E-state index contributed by atoms with van der Waals surface area (Å²) in [7, 11) is 0. The fourth-order valence-corrected chi connectivity index (χ4v) is 5.66. The molecule has 1 fully saturated rings. The fraction of sp³-hybridized carbons (Fsp3) is 0.346. The third-order valence-corrected chi connectivity index (χ3v) is 7.50. The molecule has 2 aromatic heterocycles. The summed E-state index contributed by atoms with van der Waals surface area (Å²) in [4.78, 5) is 14.5. The van der Waals surface area contributed by atoms with Gasteiger partial charge in [-0.15, -0.1) is 11.3 Å². The number of para-hydroxylation sites is 1. The van der Waals surface area contributed by atoms with Crippen molar-refractivity contribution in [3.8, 4) is 10.6 Å². The fourth-order valence-electron chi connectivity index (χ4n) is 4.59. The number of thiazole rings is 1. The Morgan fingerprint density at radius 2 is 1.79 bits per heavy atom. The Morgan fingerprint density at radius 3 is 2.53 bits per heavy atom. The molecule has 34 heavy (non-hydrogen) atoms. The van der Waals surface area contributed by atoms with E-state index in [1.54, 1.807) is 11.3 Å². The Hall–Kier alpha value is -3.07. The number of benzene rings is 2. The summed E-state index contributed by atoms with van der Waals surface area (Å²) in [5, 5.41) is 27.9. The van der Waals surface area contributed by atoms with Crippen molar-refractivity contribution in [2.24, 2.45) is 5.92 Å². The third-order valence-electron chi connectivity index (χ3n) is 6.45. The van der Waals surface area contributed by atoms with Crippen LogP contribution in [0.4, 0.5) is 11.8 Å². The van der Waals surface area contributed by atoms with Crippen molar-refractivity contribution in [1.82, 2.24) is 15.0 Å². The Balaban J connectivity index is 1.53. The predicted octanol–water partition coefficient (Wildman–Crippen LogP) is 4.78. The first kappa shape index (κ1) is 22.7. The number of fused-ring (bicyclic) bond motifs is 1. The largest absolute Gasteiger partial charge is 0.396 e. The molecule has 8 heteroatoms. The van der Waals surface area contributed by atoms with Crippen molar-refractivity contribution < 1.29 is 10.2 Å². The number of nitrogens with one attached hydrogen (secondary N) is 2. The zero-order valence-electron chi connectivity index (χ0n) is 19.3. The molecule has 4 N–H and O–H groups in total. The molecule has 0 saturated heterocycles. The van der Waals surface area contributed by atoms with E-state index >= 15 is 0 Å². The molecule has 1 aliphatic carbocycles. The topological polar surface area (TPSA) is 103 Å². The van der Waals surface area contributed by atoms with Gasteiger partial charge in [0.15, 0.2) is 0 Å². The van der Waals surface area contributed by atoms with Crippen LogP contribution in [0.3, 0.4) is 0 Å². The molecule has 7 nitrogen and oxygen atoms in total. The van der Waals surface area contributed by atoms with Crippen molar-refractivity contribution in [2.75, 3.05) is 17.2 Å². The van der Waals surface area contributed by atoms with Crippen molar-refractivity contribution in [1.29, 1.82) is 0 Å². The number of hydrogen-bond acceptors (Lipinski definition) is 8. The molecule has 5 rings (SSSR count). The van der Waals surface area contributed by atoms with E-state index in [2.05, 4.69) is 35.8 Å². The third kappa shape index (κ3) is 4.61. The van der Waals surface area contributed by atoms with Gasteiger partial charge in [-0.3, -0.25) is 0 Å². The molecular weight excluding hydrogens is 446 g/mol. The van der Waals surface area contributed by atoms with Gasteiger partial charge in [-0.25, -0.2) is 9.97 Å². The molecule has 1 saturated carbocycles. The minimum atomic E-state index is -0.546. The lowest BCUT2D eigenvalue weighted by Gasteiger charge is -2.21. The second kappa shape index (κ2) is 9.66. The van der Waals surface area contributed by atoms with Gasteiger partial charge in [0, 0.05) is 6.61 Å². The minimum Gasteiger partial charge on any atom is -0.396 e. The van der Waals surface area contributed by atoms with Gasteiger partial charge in [0.25, 0.3) is 0 Å². The second-order valence-electron chi connectivity index (χ2n) is 8.96. The Labute approximate surface area is 202 Å². The second-order valence-corrected chi connectivity index (χ2v) is 9.99. The molecule has 176 valence electrons. The number of aromatic nitrogens is 3. The first-order valence-electron chi connectivity index (χ1n) is 11.6. The number of aliphatic hydroxyl groups is 2. The Morgan fingerprint density at radius 1 is 1.03 bits per heavy atom. The number of rotatable bonds is 7. The van der Waals surface area contributed by atoms with Crippen LogP contribution >= 0.6 is 11.3 Å². The van der Waals surface area contributed by atoms with Crippen LogP contribution in [0.25, 0.3) is 20.8 Å². The molecule has 4 aromatic rings. The summed E-state index contributed by atoms with van der Waals surface area (Å²) in [6.07, 6.45) is 0.712. The first-order valence-corrected chi connectivity index (χ1v) is 12.4. The van der Waals surface area contributed by atoms with Gasteiger partial charge in [-0.2, -0.15) is 4.98 Å². The highest BCUT2D eigenvalue weighted by atomic mass is 32.1. The van der Waals surface area contributed by atoms with Gasteiger partial charge in [0.05, 0.1) is 39.7 Å². The van der Waals surface area contributed by atoms with E-state index in [9.17, 15) is 10.2 Å². The maximum atomic E-state index is 10.6. The molecule has 4 atom stereocenters. The highest BCUT2D eigenvalue weighted by Gasteiger charge is 2.34. The van der Waals surface area contributed by atoms with Crippen LogP contribution < -0.4 is 10.6 Å². The van der Waals surface area contributed by atoms with Gasteiger partial charge in [0.2, 0.25) is 5.95 Å². The maximum absolute atomic E-state index is 10.6. The monoisotopic (exact) mass is 475 g/mol. The SMILES string of the molecule is Cc1nc(NC(C)c2ccccc2)nc(N[C@@H]2C[C@H](CO)C[C@H]2O)c1-c1nc2ccccc2s1. The van der Waals surface area contributed by atoms with Crippen molar-refractivity contribution in [3.05, 3.63) is 65.9 Å². The van der Waals surface area contributed by atoms with Crippen molar-refractivity contribution >= 4 is 33.3 Å². The van der Waals surface area contributed by atoms with Gasteiger partial charge in [0.1, 0.15) is 10.8 Å². The molecule has 0 amide bonds. The number of anilines is 2. The van der Waals surface area contributed by atoms with Crippen LogP contribution in [0, 0.1) is 12.8 Å². The standard InChI is InChI=1S/C26H29N5O2S/c1-15(18-8-4-3-5-9-18)27-26-28-16(2)23(25-30-19-10-6-7-11-22(19)34-25)24(31-26)29-20-12-17(14-32)13-21(20)33/h3-11,15,17,20-21,32-33H,12-14H2,1-2H3,(H2,27,28,29,31)/t15?,17-,20+,21+/m0/s1. The van der Waals surface area contributed by atoms with Crippen LogP contribution in [-0.4, -0.2) is 43.9 Å². The number of aliphatic hydroxyl groups excluding tert-OH is 2. The zero-order chi connectivity index (χ0) is 23.7. The van der Waals surface area contributed by atoms with Crippen molar-refractivity contribution in [3.63, 3.8) is 0 Å². The van der Waals surface area contributed by atoms with E-state index in [1.165, 1.54) is 0 Å². The average Bonchev–Trinajstić information content (AvgIpc) is 3.42. The molecular formula is C26H29N5O2S. The van der Waals surface area contributed by atoms with E-state index < -0.39 is 6.10 Å². The normalized spacial score (nSPS) is 21.0. The molecule has 0 radical (unpaired) electrons. The molecule has 0 bridgehead atoms. The van der Waals surface area contributed by atoms with Crippen LogP contribution in [0.5, 0.6) is 0 Å². The van der Waals surface area contributed by atoms with Crippen LogP contribution in [-0.2, 0) is 0 Å². The van der Waals surface area contributed by atoms with Gasteiger partial charge in [-0.1, -0.05) is 42.5 Å². The van der Waals surface area contributed by atoms with Crippen LogP contribution in [0.1, 0.15) is 37.1 Å². The first-order chi connectivity index (χ1) is 16.5. The highest BCUT2D eigenvalue weighted by Crippen LogP contribution is 2.38. The summed E-state index contributed by atoms with van der Waals surface area (Å²) >= 11 is 1.61. The summed E-state index contributed by atoms with van der Waals surface area (Å²) in [6.45, 7) is 4.12. The number of hydrogen-bond donors (Lipinski definition) is 4. The lowest BCUT2D eigenvalue weighted by Crippen LogP contribution is -2.29. The zero-order valence-corrected chi connectivity index (χ0v) is 20.1. The summed E-state index contributed by atoms with van der Waals surface area (Å²) in [6, 6.07) is 18.1. The molecule has 0 spiro atoms. The quantitative estimate of drug-likeness (QED) is 0.305. The number of aryl methyl sites for hydroxylation is 1. The summed E-state index contributed by atoms with van der Waals surface area (Å²) in [5.74, 6) is 1.25. The van der Waals surface area contributed by atoms with Crippen LogP contribution in [0.2, 0.25) is 0 Å². The molecule has 2 aromatic carbocycles. The molecule has 1 unspecified atom stereocenters. The molecule has 1 aliphatic rings.